The van der Waals surface area contributed by atoms with E-state index in [1.807, 2.05) is 19.1 Å². The lowest BCUT2D eigenvalue weighted by atomic mass is 10.1. The van der Waals surface area contributed by atoms with Crippen LogP contribution in [0.5, 0.6) is 0 Å². The van der Waals surface area contributed by atoms with Crippen molar-refractivity contribution in [3.05, 3.63) is 41.0 Å². The van der Waals surface area contributed by atoms with Crippen LogP contribution in [-0.2, 0) is 4.74 Å². The summed E-state index contributed by atoms with van der Waals surface area (Å²) in [6.45, 7) is 4.63. The molecular weight excluding hydrogens is 226 g/mol. The van der Waals surface area contributed by atoms with Crippen LogP contribution in [-0.4, -0.2) is 33.1 Å². The molecule has 0 bridgehead atoms. The van der Waals surface area contributed by atoms with Gasteiger partial charge in [-0.3, -0.25) is 4.79 Å². The van der Waals surface area contributed by atoms with Crippen LogP contribution in [0.25, 0.3) is 0 Å². The topological polar surface area (TPSA) is 29.5 Å². The number of carbonyl (C=O) groups is 1. The number of anilines is 1. The third-order valence-corrected chi connectivity index (χ3v) is 3.38. The van der Waals surface area contributed by atoms with E-state index in [4.69, 9.17) is 4.74 Å². The summed E-state index contributed by atoms with van der Waals surface area (Å²) in [5.74, 6) is 0. The van der Waals surface area contributed by atoms with Crippen molar-refractivity contribution in [1.82, 2.24) is 0 Å². The summed E-state index contributed by atoms with van der Waals surface area (Å²) in [6.07, 6.45) is 4.18. The predicted octanol–water partition coefficient (Wildman–Crippen LogP) is 2.59. The van der Waals surface area contributed by atoms with Crippen molar-refractivity contribution in [3.63, 3.8) is 0 Å². The lowest BCUT2D eigenvalue weighted by molar-refractivity contribution is 0.112. The highest BCUT2D eigenvalue weighted by molar-refractivity contribution is 5.78. The summed E-state index contributed by atoms with van der Waals surface area (Å²) >= 11 is 0. The molecule has 3 heteroatoms. The van der Waals surface area contributed by atoms with Gasteiger partial charge in [0.25, 0.3) is 0 Å². The smallest absolute Gasteiger partial charge is 0.150 e. The molecule has 18 heavy (non-hydrogen) atoms. The van der Waals surface area contributed by atoms with E-state index in [0.29, 0.717) is 0 Å². The number of rotatable bonds is 4. The first-order chi connectivity index (χ1) is 8.74. The van der Waals surface area contributed by atoms with Gasteiger partial charge in [-0.15, -0.1) is 0 Å². The SMILES string of the molecule is COCC1=CCN(c2ccc(C=O)c(C)c2)CC1. The van der Waals surface area contributed by atoms with Gasteiger partial charge in [-0.05, 0) is 42.7 Å². The first kappa shape index (κ1) is 12.8. The van der Waals surface area contributed by atoms with E-state index in [2.05, 4.69) is 17.0 Å². The van der Waals surface area contributed by atoms with Crippen LogP contribution in [0, 0.1) is 6.92 Å². The number of hydrogen-bond donors (Lipinski definition) is 0. The fraction of sp³-hybridized carbons (Fsp3) is 0.400. The van der Waals surface area contributed by atoms with Gasteiger partial charge in [-0.25, -0.2) is 0 Å². The van der Waals surface area contributed by atoms with Crippen molar-refractivity contribution < 1.29 is 9.53 Å². The number of benzene rings is 1. The molecule has 0 aromatic heterocycles. The van der Waals surface area contributed by atoms with E-state index in [1.54, 1.807) is 7.11 Å². The summed E-state index contributed by atoms with van der Waals surface area (Å²) in [6, 6.07) is 6.00. The van der Waals surface area contributed by atoms with Crippen molar-refractivity contribution in [2.75, 3.05) is 31.7 Å². The molecule has 1 aliphatic heterocycles. The third kappa shape index (κ3) is 2.79. The maximum Gasteiger partial charge on any atom is 0.150 e. The highest BCUT2D eigenvalue weighted by atomic mass is 16.5. The molecule has 0 saturated heterocycles. The van der Waals surface area contributed by atoms with Crippen LogP contribution >= 0.6 is 0 Å². The molecule has 0 aliphatic carbocycles. The van der Waals surface area contributed by atoms with Gasteiger partial charge in [0.2, 0.25) is 0 Å². The van der Waals surface area contributed by atoms with Gasteiger partial charge in [0, 0.05) is 31.5 Å². The van der Waals surface area contributed by atoms with Gasteiger partial charge >= 0.3 is 0 Å². The zero-order chi connectivity index (χ0) is 13.0. The maximum absolute atomic E-state index is 10.8. The number of ether oxygens (including phenoxy) is 1. The third-order valence-electron chi connectivity index (χ3n) is 3.38. The van der Waals surface area contributed by atoms with E-state index in [9.17, 15) is 4.79 Å². The Morgan fingerprint density at radius 2 is 2.28 bits per heavy atom. The molecule has 3 nitrogen and oxygen atoms in total. The van der Waals surface area contributed by atoms with Crippen molar-refractivity contribution in [2.24, 2.45) is 0 Å². The minimum absolute atomic E-state index is 0.733. The Hall–Kier alpha value is -1.61. The van der Waals surface area contributed by atoms with E-state index < -0.39 is 0 Å². The standard InChI is InChI=1S/C15H19NO2/c1-12-9-15(4-3-14(12)10-17)16-7-5-13(6-8-16)11-18-2/h3-5,9-10H,6-8,11H2,1-2H3. The molecule has 0 atom stereocenters. The highest BCUT2D eigenvalue weighted by Crippen LogP contribution is 2.22. The molecule has 96 valence electrons. The Morgan fingerprint density at radius 3 is 2.83 bits per heavy atom. The predicted molar refractivity (Wildman–Crippen MR) is 73.4 cm³/mol. The van der Waals surface area contributed by atoms with E-state index in [1.165, 1.54) is 11.3 Å². The number of hydrogen-bond acceptors (Lipinski definition) is 3. The van der Waals surface area contributed by atoms with Gasteiger partial charge in [-0.1, -0.05) is 6.08 Å². The van der Waals surface area contributed by atoms with Crippen LogP contribution in [0.2, 0.25) is 0 Å². The number of carbonyl (C=O) groups excluding carboxylic acids is 1. The first-order valence-corrected chi connectivity index (χ1v) is 6.22. The van der Waals surface area contributed by atoms with Crippen LogP contribution in [0.15, 0.2) is 29.8 Å². The molecule has 0 saturated carbocycles. The highest BCUT2D eigenvalue weighted by Gasteiger charge is 2.12. The van der Waals surface area contributed by atoms with Gasteiger partial charge < -0.3 is 9.64 Å². The fourth-order valence-electron chi connectivity index (χ4n) is 2.25. The largest absolute Gasteiger partial charge is 0.380 e. The van der Waals surface area contributed by atoms with Gasteiger partial charge in [-0.2, -0.15) is 0 Å². The van der Waals surface area contributed by atoms with E-state index in [0.717, 1.165) is 43.5 Å². The Balaban J connectivity index is 2.10. The average molecular weight is 245 g/mol. The number of methoxy groups -OCH3 is 1. The first-order valence-electron chi connectivity index (χ1n) is 6.22. The minimum Gasteiger partial charge on any atom is -0.380 e. The number of aldehydes is 1. The molecule has 0 N–H and O–H groups in total. The summed E-state index contributed by atoms with van der Waals surface area (Å²) in [4.78, 5) is 13.1. The van der Waals surface area contributed by atoms with Crippen molar-refractivity contribution in [2.45, 2.75) is 13.3 Å². The Morgan fingerprint density at radius 1 is 1.44 bits per heavy atom. The molecular formula is C15H19NO2. The van der Waals surface area contributed by atoms with E-state index >= 15 is 0 Å². The second kappa shape index (κ2) is 5.83. The summed E-state index contributed by atoms with van der Waals surface area (Å²) in [7, 11) is 1.73. The van der Waals surface area contributed by atoms with Crippen LogP contribution in [0.1, 0.15) is 22.3 Å². The minimum atomic E-state index is 0.733. The normalized spacial score (nSPS) is 15.4. The van der Waals surface area contributed by atoms with Crippen molar-refractivity contribution in [1.29, 1.82) is 0 Å². The van der Waals surface area contributed by atoms with Crippen LogP contribution < -0.4 is 4.90 Å². The summed E-state index contributed by atoms with van der Waals surface area (Å²) in [5.41, 5.74) is 4.36. The molecule has 0 fully saturated rings. The monoisotopic (exact) mass is 245 g/mol. The molecule has 0 radical (unpaired) electrons. The molecule has 0 unspecified atom stereocenters. The van der Waals surface area contributed by atoms with Crippen molar-refractivity contribution >= 4 is 12.0 Å². The van der Waals surface area contributed by atoms with Crippen LogP contribution in [0.4, 0.5) is 5.69 Å². The zero-order valence-electron chi connectivity index (χ0n) is 11.0. The quantitative estimate of drug-likeness (QED) is 0.603. The Kier molecular flexibility index (Phi) is 4.15. The molecule has 1 heterocycles. The van der Waals surface area contributed by atoms with Gasteiger partial charge in [0.15, 0.2) is 0 Å². The summed E-state index contributed by atoms with van der Waals surface area (Å²) < 4.78 is 5.15. The fourth-order valence-corrected chi connectivity index (χ4v) is 2.25. The number of nitrogens with zero attached hydrogens (tertiary/aromatic N) is 1. The van der Waals surface area contributed by atoms with Gasteiger partial charge in [0.1, 0.15) is 6.29 Å². The summed E-state index contributed by atoms with van der Waals surface area (Å²) in [5, 5.41) is 0. The van der Waals surface area contributed by atoms with E-state index in [-0.39, 0.29) is 0 Å². The molecule has 1 aromatic carbocycles. The second-order valence-corrected chi connectivity index (χ2v) is 4.65. The molecule has 1 aliphatic rings. The molecule has 2 rings (SSSR count). The molecule has 1 aromatic rings. The maximum atomic E-state index is 10.8. The Labute approximate surface area is 108 Å². The zero-order valence-corrected chi connectivity index (χ0v) is 11.0. The average Bonchev–Trinajstić information content (AvgIpc) is 2.40. The number of aryl methyl sites for hydroxylation is 1. The van der Waals surface area contributed by atoms with Crippen molar-refractivity contribution in [3.8, 4) is 0 Å². The molecule has 0 spiro atoms. The lowest BCUT2D eigenvalue weighted by Crippen LogP contribution is -2.29. The second-order valence-electron chi connectivity index (χ2n) is 4.65. The van der Waals surface area contributed by atoms with Gasteiger partial charge in [0.05, 0.1) is 6.61 Å². The Bertz CT molecular complexity index is 466. The van der Waals surface area contributed by atoms with Crippen LogP contribution in [0.3, 0.4) is 0 Å². The molecule has 0 amide bonds. The lowest BCUT2D eigenvalue weighted by Gasteiger charge is -2.28.